The highest BCUT2D eigenvalue weighted by molar-refractivity contribution is 7.17. The van der Waals surface area contributed by atoms with Crippen molar-refractivity contribution in [3.63, 3.8) is 0 Å². The Hall–Kier alpha value is -2.22. The van der Waals surface area contributed by atoms with Gasteiger partial charge in [0.15, 0.2) is 0 Å². The number of hydrogen-bond acceptors (Lipinski definition) is 7. The number of thiophene rings is 1. The molecule has 1 aromatic carbocycles. The van der Waals surface area contributed by atoms with Gasteiger partial charge in [0.25, 0.3) is 0 Å². The number of nitrogens with zero attached hydrogens (tertiary/aromatic N) is 3. The molecule has 142 valence electrons. The Morgan fingerprint density at radius 3 is 2.81 bits per heavy atom. The lowest BCUT2D eigenvalue weighted by Gasteiger charge is -2.33. The highest BCUT2D eigenvalue weighted by atomic mass is 32.1. The SMILES string of the molecule is OC(CNC1CCN(c2ncnc3ccsc23)CC1)COc1ccccc1. The minimum absolute atomic E-state index is 0.299. The summed E-state index contributed by atoms with van der Waals surface area (Å²) in [5, 5.41) is 15.7. The minimum Gasteiger partial charge on any atom is -0.491 e. The van der Waals surface area contributed by atoms with Crippen LogP contribution in [-0.2, 0) is 0 Å². The fraction of sp³-hybridized carbons (Fsp3) is 0.400. The van der Waals surface area contributed by atoms with Gasteiger partial charge < -0.3 is 20.1 Å². The van der Waals surface area contributed by atoms with Crippen molar-refractivity contribution in [2.45, 2.75) is 25.0 Å². The van der Waals surface area contributed by atoms with E-state index in [0.29, 0.717) is 19.2 Å². The molecule has 3 heterocycles. The lowest BCUT2D eigenvalue weighted by atomic mass is 10.0. The monoisotopic (exact) mass is 384 g/mol. The number of fused-ring (bicyclic) bond motifs is 1. The molecular weight excluding hydrogens is 360 g/mol. The predicted molar refractivity (Wildman–Crippen MR) is 109 cm³/mol. The Labute approximate surface area is 162 Å². The quantitative estimate of drug-likeness (QED) is 0.653. The molecule has 0 spiro atoms. The lowest BCUT2D eigenvalue weighted by Crippen LogP contribution is -2.45. The van der Waals surface area contributed by atoms with Crippen LogP contribution < -0.4 is 15.0 Å². The van der Waals surface area contributed by atoms with Crippen LogP contribution >= 0.6 is 11.3 Å². The van der Waals surface area contributed by atoms with Crippen molar-refractivity contribution < 1.29 is 9.84 Å². The summed E-state index contributed by atoms with van der Waals surface area (Å²) in [6.07, 6.45) is 3.19. The number of piperidine rings is 1. The Bertz CT molecular complexity index is 849. The summed E-state index contributed by atoms with van der Waals surface area (Å²) in [6, 6.07) is 12.0. The third-order valence-electron chi connectivity index (χ3n) is 4.85. The number of benzene rings is 1. The van der Waals surface area contributed by atoms with E-state index >= 15 is 0 Å². The van der Waals surface area contributed by atoms with Gasteiger partial charge in [-0.15, -0.1) is 11.3 Å². The van der Waals surface area contributed by atoms with Crippen LogP contribution in [-0.4, -0.2) is 53.5 Å². The molecule has 3 aromatic rings. The average molecular weight is 385 g/mol. The molecular formula is C20H24N4O2S. The Balaban J connectivity index is 1.22. The smallest absolute Gasteiger partial charge is 0.150 e. The zero-order valence-electron chi connectivity index (χ0n) is 15.1. The number of aliphatic hydroxyl groups excluding tert-OH is 1. The second kappa shape index (κ2) is 8.65. The first-order valence-electron chi connectivity index (χ1n) is 9.32. The first-order valence-corrected chi connectivity index (χ1v) is 10.2. The van der Waals surface area contributed by atoms with Crippen LogP contribution in [0.25, 0.3) is 10.2 Å². The second-order valence-electron chi connectivity index (χ2n) is 6.78. The van der Waals surface area contributed by atoms with Crippen molar-refractivity contribution >= 4 is 27.4 Å². The summed E-state index contributed by atoms with van der Waals surface area (Å²) in [5.41, 5.74) is 1.02. The Kier molecular flexibility index (Phi) is 5.81. The molecule has 0 saturated carbocycles. The fourth-order valence-corrected chi connectivity index (χ4v) is 4.23. The predicted octanol–water partition coefficient (Wildman–Crippen LogP) is 2.69. The number of nitrogens with one attached hydrogen (secondary N) is 1. The number of aromatic nitrogens is 2. The molecule has 7 heteroatoms. The molecule has 27 heavy (non-hydrogen) atoms. The molecule has 0 amide bonds. The molecule has 0 bridgehead atoms. The van der Waals surface area contributed by atoms with E-state index in [4.69, 9.17) is 4.74 Å². The van der Waals surface area contributed by atoms with Crippen molar-refractivity contribution in [3.05, 3.63) is 48.1 Å². The van der Waals surface area contributed by atoms with E-state index < -0.39 is 6.10 Å². The van der Waals surface area contributed by atoms with Gasteiger partial charge in [-0.2, -0.15) is 0 Å². The molecule has 2 aromatic heterocycles. The first-order chi connectivity index (χ1) is 13.3. The van der Waals surface area contributed by atoms with Crippen molar-refractivity contribution in [1.82, 2.24) is 15.3 Å². The zero-order valence-corrected chi connectivity index (χ0v) is 15.9. The van der Waals surface area contributed by atoms with Gasteiger partial charge in [0.2, 0.25) is 0 Å². The van der Waals surface area contributed by atoms with Crippen LogP contribution in [0.5, 0.6) is 5.75 Å². The summed E-state index contributed by atoms with van der Waals surface area (Å²) in [4.78, 5) is 11.2. The summed E-state index contributed by atoms with van der Waals surface area (Å²) in [7, 11) is 0. The van der Waals surface area contributed by atoms with E-state index in [1.807, 2.05) is 36.4 Å². The van der Waals surface area contributed by atoms with Crippen LogP contribution in [0, 0.1) is 0 Å². The molecule has 4 rings (SSSR count). The lowest BCUT2D eigenvalue weighted by molar-refractivity contribution is 0.102. The van der Waals surface area contributed by atoms with Crippen molar-refractivity contribution in [2.75, 3.05) is 31.1 Å². The van der Waals surface area contributed by atoms with Crippen LogP contribution in [0.2, 0.25) is 0 Å². The molecule has 1 unspecified atom stereocenters. The van der Waals surface area contributed by atoms with E-state index in [-0.39, 0.29) is 0 Å². The third-order valence-corrected chi connectivity index (χ3v) is 5.75. The summed E-state index contributed by atoms with van der Waals surface area (Å²) >= 11 is 1.70. The molecule has 1 aliphatic heterocycles. The molecule has 0 radical (unpaired) electrons. The van der Waals surface area contributed by atoms with Gasteiger partial charge >= 0.3 is 0 Å². The molecule has 1 fully saturated rings. The van der Waals surface area contributed by atoms with E-state index in [0.717, 1.165) is 47.7 Å². The fourth-order valence-electron chi connectivity index (χ4n) is 3.37. The van der Waals surface area contributed by atoms with Gasteiger partial charge in [-0.05, 0) is 36.4 Å². The van der Waals surface area contributed by atoms with Crippen LogP contribution in [0.15, 0.2) is 48.1 Å². The number of ether oxygens (including phenoxy) is 1. The van der Waals surface area contributed by atoms with Gasteiger partial charge in [0.05, 0.1) is 10.2 Å². The van der Waals surface area contributed by atoms with Gasteiger partial charge in [0.1, 0.15) is 30.6 Å². The summed E-state index contributed by atoms with van der Waals surface area (Å²) in [5.74, 6) is 1.83. The Morgan fingerprint density at radius 2 is 2.00 bits per heavy atom. The summed E-state index contributed by atoms with van der Waals surface area (Å²) in [6.45, 7) is 2.75. The molecule has 1 atom stereocenters. The highest BCUT2D eigenvalue weighted by Gasteiger charge is 2.22. The maximum absolute atomic E-state index is 10.2. The van der Waals surface area contributed by atoms with Gasteiger partial charge in [-0.1, -0.05) is 18.2 Å². The molecule has 1 aliphatic rings. The zero-order chi connectivity index (χ0) is 18.5. The standard InChI is InChI=1S/C20H24N4O2S/c25-16(13-26-17-4-2-1-3-5-17)12-21-15-6-9-24(10-7-15)20-19-18(8-11-27-19)22-14-23-20/h1-5,8,11,14-16,21,25H,6-7,9-10,12-13H2. The summed E-state index contributed by atoms with van der Waals surface area (Å²) < 4.78 is 6.77. The number of anilines is 1. The number of aliphatic hydroxyl groups is 1. The molecule has 6 nitrogen and oxygen atoms in total. The van der Waals surface area contributed by atoms with Crippen molar-refractivity contribution in [2.24, 2.45) is 0 Å². The minimum atomic E-state index is -0.518. The highest BCUT2D eigenvalue weighted by Crippen LogP contribution is 2.29. The number of para-hydroxylation sites is 1. The topological polar surface area (TPSA) is 70.5 Å². The van der Waals surface area contributed by atoms with E-state index in [9.17, 15) is 5.11 Å². The third kappa shape index (κ3) is 4.55. The first kappa shape index (κ1) is 18.2. The van der Waals surface area contributed by atoms with Crippen LogP contribution in [0.3, 0.4) is 0 Å². The van der Waals surface area contributed by atoms with Gasteiger partial charge in [-0.25, -0.2) is 9.97 Å². The largest absolute Gasteiger partial charge is 0.491 e. The van der Waals surface area contributed by atoms with E-state index in [1.54, 1.807) is 17.7 Å². The maximum atomic E-state index is 10.2. The molecule has 1 saturated heterocycles. The molecule has 0 aliphatic carbocycles. The van der Waals surface area contributed by atoms with Crippen molar-refractivity contribution in [3.8, 4) is 5.75 Å². The molecule has 2 N–H and O–H groups in total. The van der Waals surface area contributed by atoms with Crippen LogP contribution in [0.1, 0.15) is 12.8 Å². The maximum Gasteiger partial charge on any atom is 0.150 e. The Morgan fingerprint density at radius 1 is 1.19 bits per heavy atom. The van der Waals surface area contributed by atoms with Crippen molar-refractivity contribution in [1.29, 1.82) is 0 Å². The van der Waals surface area contributed by atoms with E-state index in [1.165, 1.54) is 0 Å². The van der Waals surface area contributed by atoms with Crippen LogP contribution in [0.4, 0.5) is 5.82 Å². The number of rotatable bonds is 7. The van der Waals surface area contributed by atoms with Gasteiger partial charge in [0, 0.05) is 25.7 Å². The average Bonchev–Trinajstić information content (AvgIpc) is 3.21. The van der Waals surface area contributed by atoms with Gasteiger partial charge in [-0.3, -0.25) is 0 Å². The second-order valence-corrected chi connectivity index (χ2v) is 7.70. The number of hydrogen-bond donors (Lipinski definition) is 2. The van der Waals surface area contributed by atoms with E-state index in [2.05, 4.69) is 25.6 Å². The normalized spacial score (nSPS) is 16.6.